The van der Waals surface area contributed by atoms with Gasteiger partial charge in [-0.05, 0) is 120 Å². The maximum Gasteiger partial charge on any atom is 0.319 e. The highest BCUT2D eigenvalue weighted by atomic mass is 32.2. The minimum atomic E-state index is -1.08. The molecule has 0 saturated carbocycles. The Kier molecular flexibility index (Phi) is 8.38. The summed E-state index contributed by atoms with van der Waals surface area (Å²) in [6.07, 6.45) is 4.00. The second-order valence-corrected chi connectivity index (χ2v) is 12.3. The Balaban J connectivity index is 1.87. The third-order valence-corrected chi connectivity index (χ3v) is 8.30. The van der Waals surface area contributed by atoms with Gasteiger partial charge in [-0.2, -0.15) is 0 Å². The van der Waals surface area contributed by atoms with Crippen LogP contribution in [0.25, 0.3) is 17.2 Å². The molecule has 2 atom stereocenters. The second kappa shape index (κ2) is 11.4. The topological polar surface area (TPSA) is 63.6 Å². The number of aliphatic hydroxyl groups excluding tert-OH is 1. The van der Waals surface area contributed by atoms with Gasteiger partial charge in [0.25, 0.3) is 0 Å². The van der Waals surface area contributed by atoms with Crippen LogP contribution in [-0.2, 0) is 15.6 Å². The molecule has 0 saturated heterocycles. The molecule has 2 unspecified atom stereocenters. The first-order chi connectivity index (χ1) is 18.4. The molecule has 1 N–H and O–H groups in total. The maximum atomic E-state index is 14.7. The average molecular weight is 547 g/mol. The van der Waals surface area contributed by atoms with Crippen molar-refractivity contribution in [3.63, 3.8) is 0 Å². The molecule has 0 aromatic heterocycles. The number of ether oxygens (including phenoxy) is 1. The fourth-order valence-corrected chi connectivity index (χ4v) is 5.95. The van der Waals surface area contributed by atoms with Crippen molar-refractivity contribution in [2.45, 2.75) is 45.9 Å². The number of aliphatic hydroxyl groups is 1. The van der Waals surface area contributed by atoms with Gasteiger partial charge in [-0.25, -0.2) is 4.39 Å². The largest absolute Gasteiger partial charge is 0.426 e. The smallest absolute Gasteiger partial charge is 0.319 e. The average Bonchev–Trinajstić information content (AvgIpc) is 3.09. The summed E-state index contributed by atoms with van der Waals surface area (Å²) in [5.74, 6) is -1.14. The minimum Gasteiger partial charge on any atom is -0.426 e. The van der Waals surface area contributed by atoms with Crippen LogP contribution in [0, 0.1) is 31.0 Å². The normalized spacial score (nSPS) is 15.8. The highest BCUT2D eigenvalue weighted by molar-refractivity contribution is 7.84. The molecule has 0 amide bonds. The molecule has 4 rings (SSSR count). The Bertz CT molecular complexity index is 1480. The molecule has 3 aromatic carbocycles. The minimum absolute atomic E-state index is 0.101. The predicted octanol–water partition coefficient (Wildman–Crippen LogP) is 7.14. The number of carbonyl (C=O) groups is 1. The van der Waals surface area contributed by atoms with Crippen molar-refractivity contribution in [2.75, 3.05) is 12.9 Å². The van der Waals surface area contributed by atoms with E-state index in [4.69, 9.17) is 4.74 Å². The van der Waals surface area contributed by atoms with Crippen LogP contribution in [0.3, 0.4) is 0 Å². The van der Waals surface area contributed by atoms with Gasteiger partial charge in [0.1, 0.15) is 11.6 Å². The van der Waals surface area contributed by atoms with Crippen molar-refractivity contribution in [3.05, 3.63) is 99.9 Å². The number of rotatable bonds is 8. The van der Waals surface area contributed by atoms with E-state index < -0.39 is 33.9 Å². The van der Waals surface area contributed by atoms with E-state index >= 15 is 0 Å². The van der Waals surface area contributed by atoms with Gasteiger partial charge in [-0.15, -0.1) is 0 Å². The monoisotopic (exact) mass is 546 g/mol. The summed E-state index contributed by atoms with van der Waals surface area (Å²) in [5.41, 5.74) is 6.10. The first-order valence-corrected chi connectivity index (χ1v) is 14.5. The summed E-state index contributed by atoms with van der Waals surface area (Å²) in [6, 6.07) is 17.8. The molecule has 204 valence electrons. The van der Waals surface area contributed by atoms with E-state index in [1.807, 2.05) is 83.2 Å². The van der Waals surface area contributed by atoms with Crippen LogP contribution >= 0.6 is 0 Å². The van der Waals surface area contributed by atoms with Crippen LogP contribution in [0.15, 0.2) is 71.1 Å². The molecule has 39 heavy (non-hydrogen) atoms. The van der Waals surface area contributed by atoms with Gasteiger partial charge in [-0.1, -0.05) is 38.1 Å². The van der Waals surface area contributed by atoms with E-state index in [2.05, 4.69) is 0 Å². The second-order valence-electron chi connectivity index (χ2n) is 10.9. The summed E-state index contributed by atoms with van der Waals surface area (Å²) < 4.78 is 32.5. The van der Waals surface area contributed by atoms with Crippen LogP contribution in [0.1, 0.15) is 55.0 Å². The van der Waals surface area contributed by atoms with Crippen LogP contribution in [0.5, 0.6) is 5.75 Å². The van der Waals surface area contributed by atoms with Gasteiger partial charge in [0.05, 0.1) is 5.92 Å². The number of esters is 1. The van der Waals surface area contributed by atoms with E-state index in [-0.39, 0.29) is 6.61 Å². The number of halogens is 1. The molecule has 0 spiro atoms. The molecular weight excluding hydrogens is 511 g/mol. The zero-order chi connectivity index (χ0) is 28.5. The highest BCUT2D eigenvalue weighted by Gasteiger charge is 2.43. The van der Waals surface area contributed by atoms with Crippen LogP contribution < -0.4 is 4.74 Å². The van der Waals surface area contributed by atoms with Gasteiger partial charge in [0, 0.05) is 28.6 Å². The zero-order valence-corrected chi connectivity index (χ0v) is 24.1. The third-order valence-electron chi connectivity index (χ3n) is 7.37. The van der Waals surface area contributed by atoms with Crippen molar-refractivity contribution >= 4 is 34.0 Å². The molecule has 0 aliphatic heterocycles. The summed E-state index contributed by atoms with van der Waals surface area (Å²) in [4.78, 5) is 14.7. The Morgan fingerprint density at radius 3 is 2.23 bits per heavy atom. The van der Waals surface area contributed by atoms with Crippen LogP contribution in [0.2, 0.25) is 0 Å². The fraction of sp³-hybridized carbons (Fsp3) is 0.303. The lowest BCUT2D eigenvalue weighted by molar-refractivity contribution is -0.140. The number of carbonyl (C=O) groups excluding carboxylic acids is 1. The van der Waals surface area contributed by atoms with Crippen molar-refractivity contribution in [3.8, 4) is 5.75 Å². The Morgan fingerprint density at radius 2 is 1.64 bits per heavy atom. The van der Waals surface area contributed by atoms with Crippen molar-refractivity contribution in [1.29, 1.82) is 0 Å². The molecule has 1 aliphatic rings. The summed E-state index contributed by atoms with van der Waals surface area (Å²) >= 11 is 0. The van der Waals surface area contributed by atoms with Crippen molar-refractivity contribution in [2.24, 2.45) is 11.3 Å². The Labute approximate surface area is 232 Å². The van der Waals surface area contributed by atoms with Crippen molar-refractivity contribution in [1.82, 2.24) is 0 Å². The Hall–Kier alpha value is -3.35. The number of fused-ring (bicyclic) bond motifs is 1. The molecule has 3 aromatic rings. The van der Waals surface area contributed by atoms with Gasteiger partial charge in [0.15, 0.2) is 0 Å². The number of allylic oxidation sites excluding steroid dienone is 2. The molecule has 6 heteroatoms. The first kappa shape index (κ1) is 28.7. The molecule has 0 bridgehead atoms. The predicted molar refractivity (Wildman–Crippen MR) is 156 cm³/mol. The lowest BCUT2D eigenvalue weighted by atomic mass is 9.70. The molecule has 1 aliphatic carbocycles. The van der Waals surface area contributed by atoms with E-state index in [9.17, 15) is 18.5 Å². The van der Waals surface area contributed by atoms with Gasteiger partial charge < -0.3 is 9.84 Å². The number of hydrogen-bond acceptors (Lipinski definition) is 4. The molecular formula is C33H35FO4S. The van der Waals surface area contributed by atoms with E-state index in [1.165, 1.54) is 12.1 Å². The van der Waals surface area contributed by atoms with Gasteiger partial charge in [0.2, 0.25) is 0 Å². The summed E-state index contributed by atoms with van der Waals surface area (Å²) in [7, 11) is -1.08. The van der Waals surface area contributed by atoms with E-state index in [0.29, 0.717) is 23.3 Å². The fourth-order valence-electron chi connectivity index (χ4n) is 5.43. The lowest BCUT2D eigenvalue weighted by Gasteiger charge is -2.34. The SMILES string of the molecule is CC1=C(C(C(=O)Oc2cc(C)cc(C)c2)C(C)(C)CCO)c2cc(F)ccc2C1=Cc1ccc(S(C)=O)cc1. The molecule has 4 nitrogen and oxygen atoms in total. The molecule has 0 radical (unpaired) electrons. The van der Waals surface area contributed by atoms with Gasteiger partial charge >= 0.3 is 5.97 Å². The molecule has 0 heterocycles. The summed E-state index contributed by atoms with van der Waals surface area (Å²) in [6.45, 7) is 9.60. The highest BCUT2D eigenvalue weighted by Crippen LogP contribution is 2.51. The van der Waals surface area contributed by atoms with Gasteiger partial charge in [-0.3, -0.25) is 9.00 Å². The van der Waals surface area contributed by atoms with Crippen LogP contribution in [0.4, 0.5) is 4.39 Å². The molecule has 0 fully saturated rings. The van der Waals surface area contributed by atoms with Crippen LogP contribution in [-0.4, -0.2) is 28.1 Å². The van der Waals surface area contributed by atoms with Crippen molar-refractivity contribution < 1.29 is 23.2 Å². The number of benzene rings is 3. The standard InChI is InChI=1S/C33H35FO4S/c1-20-15-21(2)17-25(16-20)38-32(36)31(33(4,5)13-14-35)30-22(3)28(27-12-9-24(34)19-29(27)30)18-23-7-10-26(11-8-23)39(6)37/h7-12,15-19,31,35H,13-14H2,1-6H3. The maximum absolute atomic E-state index is 14.7. The van der Waals surface area contributed by atoms with E-state index in [1.54, 1.807) is 12.3 Å². The quantitative estimate of drug-likeness (QED) is 0.241. The van der Waals surface area contributed by atoms with E-state index in [0.717, 1.165) is 38.3 Å². The number of aryl methyl sites for hydroxylation is 2. The Morgan fingerprint density at radius 1 is 1.00 bits per heavy atom. The lowest BCUT2D eigenvalue weighted by Crippen LogP contribution is -2.36. The first-order valence-electron chi connectivity index (χ1n) is 13.0. The zero-order valence-electron chi connectivity index (χ0n) is 23.3. The number of hydrogen-bond donors (Lipinski definition) is 1. The third kappa shape index (κ3) is 6.13. The summed E-state index contributed by atoms with van der Waals surface area (Å²) in [5, 5.41) is 9.89.